The van der Waals surface area contributed by atoms with Gasteiger partial charge in [0.05, 0.1) is 15.3 Å². The molecule has 0 heterocycles. The lowest BCUT2D eigenvalue weighted by molar-refractivity contribution is -0.155. The van der Waals surface area contributed by atoms with Gasteiger partial charge in [-0.2, -0.15) is 0 Å². The quantitative estimate of drug-likeness (QED) is 0.241. The maximum Gasteiger partial charge on any atom is 0.0824 e. The Balaban J connectivity index is 7.21. The van der Waals surface area contributed by atoms with E-state index in [1.54, 1.807) is 0 Å². The predicted octanol–water partition coefficient (Wildman–Crippen LogP) is 6.92. The van der Waals surface area contributed by atoms with Crippen LogP contribution < -0.4 is 0 Å². The summed E-state index contributed by atoms with van der Waals surface area (Å²) in [4.78, 5) is 5.83. The Labute approximate surface area is 194 Å². The summed E-state index contributed by atoms with van der Waals surface area (Å²) in [7, 11) is -0.591. The van der Waals surface area contributed by atoms with Crippen LogP contribution in [0, 0.1) is 23.7 Å². The van der Waals surface area contributed by atoms with Crippen LogP contribution in [0.5, 0.6) is 0 Å². The summed E-state index contributed by atoms with van der Waals surface area (Å²) in [6.45, 7) is 43.1. The van der Waals surface area contributed by atoms with Gasteiger partial charge in [-0.3, -0.25) is 9.80 Å². The van der Waals surface area contributed by atoms with Gasteiger partial charge in [0, 0.05) is 22.2 Å². The number of nitrogens with zero attached hydrogens (tertiary/aromatic N) is 2. The van der Waals surface area contributed by atoms with Crippen LogP contribution in [0.15, 0.2) is 12.3 Å². The molecule has 0 fully saturated rings. The van der Waals surface area contributed by atoms with Gasteiger partial charge in [-0.1, -0.05) is 55.4 Å². The lowest BCUT2D eigenvalue weighted by Crippen LogP contribution is -2.75. The van der Waals surface area contributed by atoms with Gasteiger partial charge >= 0.3 is 0 Å². The fraction of sp³-hybridized carbons (Fsp3) is 0.926. The summed E-state index contributed by atoms with van der Waals surface area (Å²) in [5.74, 6) is 2.64. The van der Waals surface area contributed by atoms with Crippen LogP contribution in [0.25, 0.3) is 0 Å². The van der Waals surface area contributed by atoms with Crippen LogP contribution in [-0.2, 0) is 0 Å². The number of hydrogen-bond donors (Lipinski definition) is 0. The van der Waals surface area contributed by atoms with Crippen LogP contribution in [0.2, 0.25) is 0 Å². The van der Waals surface area contributed by atoms with Crippen LogP contribution in [0.1, 0.15) is 111 Å². The molecule has 0 aliphatic rings. The van der Waals surface area contributed by atoms with Gasteiger partial charge in [-0.15, -0.1) is 12.3 Å². The number of rotatable bonds is 12. The van der Waals surface area contributed by atoms with E-state index in [1.165, 1.54) is 0 Å². The third-order valence-corrected chi connectivity index (χ3v) is 10.6. The molecular formula is C27H58N2Si. The Morgan fingerprint density at radius 2 is 0.733 bits per heavy atom. The number of hydrogen-bond acceptors (Lipinski definition) is 2. The first kappa shape index (κ1) is 29.9. The molecule has 0 unspecified atom stereocenters. The van der Waals surface area contributed by atoms with E-state index < -0.39 is 9.52 Å². The monoisotopic (exact) mass is 438 g/mol. The molecule has 30 heavy (non-hydrogen) atoms. The van der Waals surface area contributed by atoms with Crippen molar-refractivity contribution in [2.45, 2.75) is 139 Å². The first-order chi connectivity index (χ1) is 13.2. The molecule has 180 valence electrons. The highest BCUT2D eigenvalue weighted by Gasteiger charge is 2.52. The van der Waals surface area contributed by atoms with Crippen molar-refractivity contribution < 1.29 is 0 Å². The fourth-order valence-electron chi connectivity index (χ4n) is 4.61. The second kappa shape index (κ2) is 10.2. The normalized spacial score (nSPS) is 15.4. The van der Waals surface area contributed by atoms with Gasteiger partial charge < -0.3 is 0 Å². The summed E-state index contributed by atoms with van der Waals surface area (Å²) in [5, 5.41) is 0. The van der Waals surface area contributed by atoms with E-state index in [1.807, 2.05) is 0 Å². The summed E-state index contributed by atoms with van der Waals surface area (Å²) in [6.07, 6.45) is 0. The molecule has 3 heteroatoms. The SMILES string of the molecule is C=C[SiH2]C(N(C(C)(C)C(C)C)C(C)(C)C(C)C)N(C(C)(C)C(C)C)C(C)(C)C(C)C. The molecule has 0 saturated heterocycles. The van der Waals surface area contributed by atoms with E-state index in [9.17, 15) is 0 Å². The van der Waals surface area contributed by atoms with Gasteiger partial charge in [-0.25, -0.2) is 0 Å². The van der Waals surface area contributed by atoms with Crippen molar-refractivity contribution >= 4 is 9.52 Å². The van der Waals surface area contributed by atoms with Gasteiger partial charge in [-0.05, 0) is 79.1 Å². The molecule has 0 aliphatic carbocycles. The summed E-state index contributed by atoms with van der Waals surface area (Å²) < 4.78 is 0. The van der Waals surface area contributed by atoms with E-state index in [-0.39, 0.29) is 22.2 Å². The molecule has 0 aromatic rings. The van der Waals surface area contributed by atoms with Crippen molar-refractivity contribution in [3.05, 3.63) is 12.3 Å². The molecule has 2 nitrogen and oxygen atoms in total. The second-order valence-electron chi connectivity index (χ2n) is 13.0. The van der Waals surface area contributed by atoms with Crippen LogP contribution in [0.4, 0.5) is 0 Å². The average Bonchev–Trinajstić information content (AvgIpc) is 2.53. The molecule has 0 N–H and O–H groups in total. The van der Waals surface area contributed by atoms with Crippen molar-refractivity contribution in [3.63, 3.8) is 0 Å². The lowest BCUT2D eigenvalue weighted by Gasteiger charge is -2.64. The van der Waals surface area contributed by atoms with E-state index in [4.69, 9.17) is 0 Å². The minimum absolute atomic E-state index is 0.0762. The van der Waals surface area contributed by atoms with E-state index in [2.05, 4.69) is 133 Å². The third-order valence-electron chi connectivity index (χ3n) is 9.11. The maximum atomic E-state index is 4.28. The van der Waals surface area contributed by atoms with Crippen molar-refractivity contribution in [3.8, 4) is 0 Å². The van der Waals surface area contributed by atoms with Gasteiger partial charge in [0.25, 0.3) is 0 Å². The molecule has 0 aromatic carbocycles. The minimum Gasteiger partial charge on any atom is -0.280 e. The van der Waals surface area contributed by atoms with Crippen molar-refractivity contribution in [1.82, 2.24) is 9.80 Å². The molecular weight excluding hydrogens is 380 g/mol. The van der Waals surface area contributed by atoms with Gasteiger partial charge in [0.15, 0.2) is 0 Å². The van der Waals surface area contributed by atoms with Crippen molar-refractivity contribution in [2.75, 3.05) is 0 Å². The van der Waals surface area contributed by atoms with E-state index in [0.717, 1.165) is 0 Å². The van der Waals surface area contributed by atoms with E-state index >= 15 is 0 Å². The molecule has 0 bridgehead atoms. The predicted molar refractivity (Wildman–Crippen MR) is 142 cm³/mol. The highest BCUT2D eigenvalue weighted by Crippen LogP contribution is 2.44. The molecule has 0 aromatic heterocycles. The zero-order chi connectivity index (χ0) is 24.5. The molecule has 0 amide bonds. The summed E-state index contributed by atoms with van der Waals surface area (Å²) in [6, 6.07) is 0. The summed E-state index contributed by atoms with van der Waals surface area (Å²) in [5.41, 5.74) is 2.59. The van der Waals surface area contributed by atoms with Crippen LogP contribution >= 0.6 is 0 Å². The van der Waals surface area contributed by atoms with Gasteiger partial charge in [0.2, 0.25) is 0 Å². The standard InChI is InChI=1S/C27H58N2Si/c1-18-30-23(28(24(10,11)19(2)3)25(12,13)20(4)5)29(26(14,15)21(6)7)27(16,17)22(8)9/h18-23H,1,30H2,2-17H3. The largest absolute Gasteiger partial charge is 0.280 e. The zero-order valence-corrected chi connectivity index (χ0v) is 25.2. The van der Waals surface area contributed by atoms with Gasteiger partial charge in [0.1, 0.15) is 0 Å². The van der Waals surface area contributed by atoms with Crippen molar-refractivity contribution in [1.29, 1.82) is 0 Å². The van der Waals surface area contributed by atoms with Crippen molar-refractivity contribution in [2.24, 2.45) is 23.7 Å². The summed E-state index contributed by atoms with van der Waals surface area (Å²) >= 11 is 0. The van der Waals surface area contributed by atoms with E-state index in [0.29, 0.717) is 29.5 Å². The lowest BCUT2D eigenvalue weighted by atomic mass is 9.77. The molecule has 0 atom stereocenters. The first-order valence-corrected chi connectivity index (χ1v) is 14.0. The third kappa shape index (κ3) is 5.81. The molecule has 0 radical (unpaired) electrons. The smallest absolute Gasteiger partial charge is 0.0824 e. The highest BCUT2D eigenvalue weighted by molar-refractivity contribution is 6.43. The molecule has 0 aliphatic heterocycles. The molecule has 0 spiro atoms. The minimum atomic E-state index is -0.591. The Morgan fingerprint density at radius 1 is 0.533 bits per heavy atom. The zero-order valence-electron chi connectivity index (χ0n) is 23.8. The Hall–Kier alpha value is -0.123. The first-order valence-electron chi connectivity index (χ1n) is 12.4. The second-order valence-corrected chi connectivity index (χ2v) is 14.8. The Bertz CT molecular complexity index is 457. The maximum absolute atomic E-state index is 4.28. The average molecular weight is 439 g/mol. The Morgan fingerprint density at radius 3 is 0.867 bits per heavy atom. The molecule has 0 saturated carbocycles. The highest BCUT2D eigenvalue weighted by atomic mass is 28.2. The Kier molecular flexibility index (Phi) is 10.2. The molecule has 0 rings (SSSR count). The fourth-order valence-corrected chi connectivity index (χ4v) is 7.21. The van der Waals surface area contributed by atoms with Crippen LogP contribution in [-0.4, -0.2) is 47.3 Å². The van der Waals surface area contributed by atoms with Crippen LogP contribution in [0.3, 0.4) is 0 Å². The topological polar surface area (TPSA) is 6.48 Å².